The summed E-state index contributed by atoms with van der Waals surface area (Å²) in [5.41, 5.74) is 2.76. The van der Waals surface area contributed by atoms with E-state index in [0.29, 0.717) is 20.7 Å². The van der Waals surface area contributed by atoms with Crippen molar-refractivity contribution in [1.82, 2.24) is 14.8 Å². The highest BCUT2D eigenvalue weighted by atomic mass is 35.5. The highest BCUT2D eigenvalue weighted by Gasteiger charge is 2.13. The first-order valence-electron chi connectivity index (χ1n) is 9.18. The van der Waals surface area contributed by atoms with Crippen molar-refractivity contribution in [2.24, 2.45) is 5.14 Å². The molecule has 0 aliphatic rings. The Bertz CT molecular complexity index is 1290. The second-order valence-electron chi connectivity index (χ2n) is 6.69. The first-order chi connectivity index (χ1) is 15.0. The van der Waals surface area contributed by atoms with Crippen LogP contribution in [0.25, 0.3) is 16.9 Å². The largest absolute Gasteiger partial charge is 0.287 e. The van der Waals surface area contributed by atoms with Gasteiger partial charge in [-0.1, -0.05) is 53.6 Å². The zero-order chi connectivity index (χ0) is 23.5. The summed E-state index contributed by atoms with van der Waals surface area (Å²) >= 11 is 12.3. The Kier molecular flexibility index (Phi) is 7.61. The number of nitrogens with two attached hydrogens (primary N) is 1. The fraction of sp³-hybridized carbons (Fsp3) is 0.143. The molecule has 32 heavy (non-hydrogen) atoms. The van der Waals surface area contributed by atoms with E-state index in [4.69, 9.17) is 29.0 Å². The number of benzene rings is 2. The van der Waals surface area contributed by atoms with Crippen LogP contribution in [0.3, 0.4) is 0 Å². The summed E-state index contributed by atoms with van der Waals surface area (Å²) in [6.07, 6.45) is 0. The smallest absolute Gasteiger partial charge is 0.238 e. The lowest BCUT2D eigenvalue weighted by atomic mass is 10.1. The van der Waals surface area contributed by atoms with Crippen molar-refractivity contribution in [2.45, 2.75) is 17.1 Å². The number of hydrogen-bond acceptors (Lipinski definition) is 6. The number of primary sulfonamides is 1. The van der Waals surface area contributed by atoms with E-state index in [1.54, 1.807) is 28.9 Å². The molecule has 11 heteroatoms. The number of thiocarbonyl (C=S) groups is 1. The van der Waals surface area contributed by atoms with Gasteiger partial charge >= 0.3 is 0 Å². The van der Waals surface area contributed by atoms with Crippen LogP contribution in [0.15, 0.2) is 59.5 Å². The maximum atomic E-state index is 11.6. The van der Waals surface area contributed by atoms with Crippen molar-refractivity contribution in [3.63, 3.8) is 0 Å². The molecule has 1 unspecified atom stereocenters. The molecule has 2 aromatic carbocycles. The van der Waals surface area contributed by atoms with E-state index in [1.165, 1.54) is 30.9 Å². The van der Waals surface area contributed by atoms with Gasteiger partial charge in [0.15, 0.2) is 4.32 Å². The molecule has 0 amide bonds. The number of rotatable bonds is 4. The summed E-state index contributed by atoms with van der Waals surface area (Å²) in [5.74, 6) is 6.09. The molecule has 166 valence electrons. The Hall–Kier alpha value is -2.39. The third-order valence-corrected chi connectivity index (χ3v) is 6.88. The molecule has 1 atom stereocenters. The number of sulfonamides is 1. The highest BCUT2D eigenvalue weighted by molar-refractivity contribution is 8.23. The number of hydrogen-bond donors (Lipinski definition) is 2. The van der Waals surface area contributed by atoms with Crippen LogP contribution in [-0.2, 0) is 10.0 Å². The molecule has 0 spiro atoms. The Balaban J connectivity index is 2.01. The van der Waals surface area contributed by atoms with Gasteiger partial charge in [0.25, 0.3) is 0 Å². The fourth-order valence-electron chi connectivity index (χ4n) is 2.67. The zero-order valence-electron chi connectivity index (χ0n) is 17.1. The van der Waals surface area contributed by atoms with Crippen molar-refractivity contribution in [2.75, 3.05) is 7.05 Å². The molecule has 0 fully saturated rings. The van der Waals surface area contributed by atoms with Crippen molar-refractivity contribution >= 4 is 49.9 Å². The van der Waals surface area contributed by atoms with Gasteiger partial charge in [0, 0.05) is 23.7 Å². The summed E-state index contributed by atoms with van der Waals surface area (Å²) < 4.78 is 25.1. The van der Waals surface area contributed by atoms with Crippen LogP contribution in [0.5, 0.6) is 0 Å². The van der Waals surface area contributed by atoms with Crippen molar-refractivity contribution in [3.8, 4) is 28.8 Å². The van der Waals surface area contributed by atoms with E-state index in [2.05, 4.69) is 16.9 Å². The molecule has 0 aliphatic heterocycles. The first-order valence-corrected chi connectivity index (χ1v) is 12.4. The highest BCUT2D eigenvalue weighted by Crippen LogP contribution is 2.26. The average molecular weight is 507 g/mol. The molecular weight excluding hydrogens is 488 g/mol. The van der Waals surface area contributed by atoms with E-state index in [0.717, 1.165) is 16.3 Å². The number of halogens is 1. The monoisotopic (exact) mass is 506 g/mol. The molecule has 0 aliphatic carbocycles. The van der Waals surface area contributed by atoms with Gasteiger partial charge in [-0.05, 0) is 49.2 Å². The van der Waals surface area contributed by atoms with Gasteiger partial charge in [0.2, 0.25) is 10.0 Å². The minimum absolute atomic E-state index is 0.0112. The number of nitrogens with zero attached hydrogens (tertiary/aromatic N) is 3. The minimum atomic E-state index is -3.80. The zero-order valence-corrected chi connectivity index (χ0v) is 20.3. The van der Waals surface area contributed by atoms with Crippen LogP contribution < -0.4 is 5.14 Å². The molecule has 0 radical (unpaired) electrons. The number of aromatic nitrogens is 2. The second kappa shape index (κ2) is 10.0. The molecule has 0 saturated heterocycles. The topological polar surface area (TPSA) is 101 Å². The predicted octanol–water partition coefficient (Wildman–Crippen LogP) is 3.92. The van der Waals surface area contributed by atoms with Gasteiger partial charge in [-0.15, -0.1) is 0 Å². The predicted molar refractivity (Wildman–Crippen MR) is 131 cm³/mol. The van der Waals surface area contributed by atoms with Crippen LogP contribution in [0.4, 0.5) is 0 Å². The maximum absolute atomic E-state index is 11.6. The lowest BCUT2D eigenvalue weighted by molar-refractivity contribution is 0.0205. The van der Waals surface area contributed by atoms with Crippen LogP contribution >= 0.6 is 35.6 Å². The van der Waals surface area contributed by atoms with Gasteiger partial charge in [0.1, 0.15) is 5.69 Å². The molecule has 0 saturated carbocycles. The van der Waals surface area contributed by atoms with Crippen molar-refractivity contribution in [3.05, 3.63) is 65.3 Å². The van der Waals surface area contributed by atoms with Crippen molar-refractivity contribution < 1.29 is 13.6 Å². The van der Waals surface area contributed by atoms with Gasteiger partial charge in [-0.2, -0.15) is 5.10 Å². The van der Waals surface area contributed by atoms with E-state index >= 15 is 0 Å². The third kappa shape index (κ3) is 6.10. The Morgan fingerprint density at radius 3 is 2.44 bits per heavy atom. The van der Waals surface area contributed by atoms with Gasteiger partial charge in [-0.25, -0.2) is 23.3 Å². The SMILES string of the molecule is CC(C#Cc1cc(-c2ccc(Cl)cc2)n(-c2ccc(S(N)(=O)=O)cc2)n1)SC(=S)N(C)O. The van der Waals surface area contributed by atoms with Gasteiger partial charge < -0.3 is 0 Å². The van der Waals surface area contributed by atoms with E-state index < -0.39 is 10.0 Å². The second-order valence-corrected chi connectivity index (χ2v) is 10.7. The molecule has 3 aromatic rings. The first kappa shape index (κ1) is 24.3. The average Bonchev–Trinajstić information content (AvgIpc) is 3.16. The van der Waals surface area contributed by atoms with Gasteiger partial charge in [0.05, 0.1) is 21.5 Å². The third-order valence-electron chi connectivity index (χ3n) is 4.20. The van der Waals surface area contributed by atoms with Crippen LogP contribution in [-0.4, -0.2) is 45.1 Å². The lowest BCUT2D eigenvalue weighted by Crippen LogP contribution is -2.18. The van der Waals surface area contributed by atoms with Crippen LogP contribution in [0.1, 0.15) is 12.6 Å². The van der Waals surface area contributed by atoms with Gasteiger partial charge in [-0.3, -0.25) is 5.21 Å². The molecular formula is C21H19ClN4O3S3. The maximum Gasteiger partial charge on any atom is 0.238 e. The summed E-state index contributed by atoms with van der Waals surface area (Å²) in [4.78, 5) is 0.0112. The van der Waals surface area contributed by atoms with Crippen molar-refractivity contribution in [1.29, 1.82) is 0 Å². The molecule has 1 heterocycles. The van der Waals surface area contributed by atoms with Crippen LogP contribution in [0, 0.1) is 11.8 Å². The van der Waals surface area contributed by atoms with E-state index in [-0.39, 0.29) is 10.1 Å². The summed E-state index contributed by atoms with van der Waals surface area (Å²) in [5, 5.41) is 20.5. The number of hydroxylamine groups is 2. The summed E-state index contributed by atoms with van der Waals surface area (Å²) in [7, 11) is -2.34. The Morgan fingerprint density at radius 2 is 1.88 bits per heavy atom. The van der Waals surface area contributed by atoms with Crippen LogP contribution in [0.2, 0.25) is 5.02 Å². The molecule has 3 rings (SSSR count). The molecule has 3 N–H and O–H groups in total. The van der Waals surface area contributed by atoms with E-state index in [9.17, 15) is 13.6 Å². The lowest BCUT2D eigenvalue weighted by Gasteiger charge is -2.11. The summed E-state index contributed by atoms with van der Waals surface area (Å²) in [6.45, 7) is 1.87. The fourth-order valence-corrected chi connectivity index (χ4v) is 4.32. The Morgan fingerprint density at radius 1 is 1.25 bits per heavy atom. The standard InChI is InChI=1S/C21H19ClN4O3S3/c1-14(31-21(30)25(2)27)3-8-17-13-20(15-4-6-16(22)7-5-15)26(24-17)18-9-11-19(12-10-18)32(23,28)29/h4-7,9-14,27H,1-2H3,(H2,23,28,29). The normalized spacial score (nSPS) is 12.0. The molecule has 0 bridgehead atoms. The quantitative estimate of drug-likeness (QED) is 0.314. The Labute approximate surface area is 201 Å². The molecule has 1 aromatic heterocycles. The summed E-state index contributed by atoms with van der Waals surface area (Å²) in [6, 6.07) is 15.2. The molecule has 7 nitrogen and oxygen atoms in total. The minimum Gasteiger partial charge on any atom is -0.287 e. The van der Waals surface area contributed by atoms with E-state index in [1.807, 2.05) is 25.1 Å². The number of thioether (sulfide) groups is 1.